The van der Waals surface area contributed by atoms with Gasteiger partial charge in [-0.2, -0.15) is 0 Å². The zero-order valence-corrected chi connectivity index (χ0v) is 11.3. The molecule has 0 saturated carbocycles. The smallest absolute Gasteiger partial charge is 0.308 e. The van der Waals surface area contributed by atoms with Gasteiger partial charge in [-0.05, 0) is 12.0 Å². The number of anilines is 1. The molecule has 1 saturated heterocycles. The van der Waals surface area contributed by atoms with Crippen molar-refractivity contribution in [3.8, 4) is 5.75 Å². The van der Waals surface area contributed by atoms with Crippen molar-refractivity contribution in [1.82, 2.24) is 0 Å². The van der Waals surface area contributed by atoms with E-state index in [9.17, 15) is 14.9 Å². The summed E-state index contributed by atoms with van der Waals surface area (Å²) < 4.78 is 5.08. The van der Waals surface area contributed by atoms with E-state index in [1.807, 2.05) is 6.92 Å². The van der Waals surface area contributed by atoms with Crippen LogP contribution in [0.2, 0.25) is 0 Å². The number of hydrogen-bond acceptors (Lipinski definition) is 5. The topological polar surface area (TPSA) is 92.9 Å². The van der Waals surface area contributed by atoms with Gasteiger partial charge in [0.15, 0.2) is 0 Å². The van der Waals surface area contributed by atoms with Gasteiger partial charge < -0.3 is 14.7 Å². The zero-order chi connectivity index (χ0) is 14.9. The summed E-state index contributed by atoms with van der Waals surface area (Å²) in [4.78, 5) is 23.5. The average molecular weight is 280 g/mol. The van der Waals surface area contributed by atoms with Gasteiger partial charge in [0.2, 0.25) is 0 Å². The number of hydrogen-bond donors (Lipinski definition) is 1. The molecule has 2 atom stereocenters. The molecule has 20 heavy (non-hydrogen) atoms. The van der Waals surface area contributed by atoms with Crippen molar-refractivity contribution in [2.45, 2.75) is 6.92 Å². The lowest BCUT2D eigenvalue weighted by Crippen LogP contribution is -2.23. The maximum Gasteiger partial charge on any atom is 0.308 e. The predicted molar refractivity (Wildman–Crippen MR) is 72.2 cm³/mol. The summed E-state index contributed by atoms with van der Waals surface area (Å²) in [6, 6.07) is 4.48. The van der Waals surface area contributed by atoms with E-state index in [1.165, 1.54) is 19.2 Å². The molecular weight excluding hydrogens is 264 g/mol. The summed E-state index contributed by atoms with van der Waals surface area (Å²) in [6.07, 6.45) is 0. The van der Waals surface area contributed by atoms with E-state index in [4.69, 9.17) is 9.84 Å². The molecule has 0 bridgehead atoms. The summed E-state index contributed by atoms with van der Waals surface area (Å²) in [5.41, 5.74) is 0.369. The maximum atomic E-state index is 11.1. The molecular formula is C13H16N2O5. The van der Waals surface area contributed by atoms with E-state index in [-0.39, 0.29) is 18.2 Å². The van der Waals surface area contributed by atoms with Crippen LogP contribution in [0.15, 0.2) is 18.2 Å². The highest BCUT2D eigenvalue weighted by Gasteiger charge is 2.37. The number of nitro benzene ring substituents is 1. The first-order chi connectivity index (χ1) is 9.43. The second-order valence-corrected chi connectivity index (χ2v) is 4.94. The molecule has 0 aromatic heterocycles. The van der Waals surface area contributed by atoms with Crippen LogP contribution < -0.4 is 9.64 Å². The lowest BCUT2D eigenvalue weighted by atomic mass is 9.99. The van der Waals surface area contributed by atoms with Crippen LogP contribution in [0.3, 0.4) is 0 Å². The van der Waals surface area contributed by atoms with Crippen molar-refractivity contribution in [1.29, 1.82) is 0 Å². The summed E-state index contributed by atoms with van der Waals surface area (Å²) in [5.74, 6) is -0.929. The molecule has 2 unspecified atom stereocenters. The van der Waals surface area contributed by atoms with E-state index < -0.39 is 16.8 Å². The van der Waals surface area contributed by atoms with Crippen LogP contribution in [0.1, 0.15) is 6.92 Å². The lowest BCUT2D eigenvalue weighted by molar-refractivity contribution is -0.384. The van der Waals surface area contributed by atoms with Crippen LogP contribution in [0.5, 0.6) is 5.75 Å². The number of aliphatic carboxylic acids is 1. The van der Waals surface area contributed by atoms with Crippen LogP contribution in [0.4, 0.5) is 11.4 Å². The minimum Gasteiger partial charge on any atom is -0.497 e. The van der Waals surface area contributed by atoms with E-state index in [1.54, 1.807) is 11.0 Å². The molecule has 0 amide bonds. The molecule has 1 aromatic rings. The Kier molecular flexibility index (Phi) is 3.78. The van der Waals surface area contributed by atoms with Gasteiger partial charge in [-0.25, -0.2) is 0 Å². The molecule has 1 aliphatic rings. The minimum absolute atomic E-state index is 0.0379. The van der Waals surface area contributed by atoms with Crippen LogP contribution in [0, 0.1) is 22.0 Å². The van der Waals surface area contributed by atoms with Gasteiger partial charge in [0.1, 0.15) is 11.4 Å². The van der Waals surface area contributed by atoms with Gasteiger partial charge in [0.25, 0.3) is 5.69 Å². The van der Waals surface area contributed by atoms with Gasteiger partial charge >= 0.3 is 5.97 Å². The molecule has 7 nitrogen and oxygen atoms in total. The van der Waals surface area contributed by atoms with Crippen LogP contribution in [0.25, 0.3) is 0 Å². The fourth-order valence-electron chi connectivity index (χ4n) is 2.52. The zero-order valence-electron chi connectivity index (χ0n) is 11.3. The number of rotatable bonds is 4. The Balaban J connectivity index is 2.37. The highest BCUT2D eigenvalue weighted by Crippen LogP contribution is 2.36. The fraction of sp³-hybridized carbons (Fsp3) is 0.462. The van der Waals surface area contributed by atoms with Crippen molar-refractivity contribution >= 4 is 17.3 Å². The van der Waals surface area contributed by atoms with Crippen molar-refractivity contribution < 1.29 is 19.6 Å². The van der Waals surface area contributed by atoms with E-state index in [2.05, 4.69) is 0 Å². The summed E-state index contributed by atoms with van der Waals surface area (Å²) in [6.45, 7) is 2.58. The van der Waals surface area contributed by atoms with Gasteiger partial charge in [0, 0.05) is 25.2 Å². The van der Waals surface area contributed by atoms with Gasteiger partial charge in [-0.1, -0.05) is 6.92 Å². The SMILES string of the molecule is COc1ccc([N+](=O)[O-])c(N2CC(C)C(C(=O)O)C2)c1. The largest absolute Gasteiger partial charge is 0.497 e. The van der Waals surface area contributed by atoms with Crippen molar-refractivity contribution in [2.75, 3.05) is 25.1 Å². The molecule has 1 N–H and O–H groups in total. The Hall–Kier alpha value is -2.31. The Morgan fingerprint density at radius 3 is 2.70 bits per heavy atom. The van der Waals surface area contributed by atoms with E-state index >= 15 is 0 Å². The molecule has 0 spiro atoms. The molecule has 1 heterocycles. The number of nitrogens with zero attached hydrogens (tertiary/aromatic N) is 2. The first-order valence-electron chi connectivity index (χ1n) is 6.24. The third-order valence-corrected chi connectivity index (χ3v) is 3.65. The van der Waals surface area contributed by atoms with E-state index in [0.29, 0.717) is 18.0 Å². The van der Waals surface area contributed by atoms with Crippen molar-refractivity contribution in [3.05, 3.63) is 28.3 Å². The number of carbonyl (C=O) groups is 1. The number of benzene rings is 1. The number of carboxylic acid groups (broad SMARTS) is 1. The molecule has 1 aromatic carbocycles. The summed E-state index contributed by atoms with van der Waals surface area (Å²) >= 11 is 0. The highest BCUT2D eigenvalue weighted by molar-refractivity contribution is 5.74. The summed E-state index contributed by atoms with van der Waals surface area (Å²) in [7, 11) is 1.48. The third-order valence-electron chi connectivity index (χ3n) is 3.65. The molecule has 108 valence electrons. The minimum atomic E-state index is -0.870. The summed E-state index contributed by atoms with van der Waals surface area (Å²) in [5, 5.41) is 20.2. The number of carboxylic acids is 1. The van der Waals surface area contributed by atoms with Crippen molar-refractivity contribution in [3.63, 3.8) is 0 Å². The van der Waals surface area contributed by atoms with Crippen LogP contribution in [-0.4, -0.2) is 36.2 Å². The first-order valence-corrected chi connectivity index (χ1v) is 6.24. The first kappa shape index (κ1) is 14.1. The number of ether oxygens (including phenoxy) is 1. The second-order valence-electron chi connectivity index (χ2n) is 4.94. The standard InChI is InChI=1S/C13H16N2O5/c1-8-6-14(7-10(8)13(16)17)12-5-9(20-2)3-4-11(12)15(18)19/h3-5,8,10H,6-7H2,1-2H3,(H,16,17). The van der Waals surface area contributed by atoms with Gasteiger partial charge in [0.05, 0.1) is 18.0 Å². The molecule has 0 radical (unpaired) electrons. The quantitative estimate of drug-likeness (QED) is 0.667. The highest BCUT2D eigenvalue weighted by atomic mass is 16.6. The predicted octanol–water partition coefficient (Wildman–Crippen LogP) is 1.76. The molecule has 1 aliphatic heterocycles. The van der Waals surface area contributed by atoms with Crippen molar-refractivity contribution in [2.24, 2.45) is 11.8 Å². The molecule has 7 heteroatoms. The van der Waals surface area contributed by atoms with Crippen LogP contribution >= 0.6 is 0 Å². The lowest BCUT2D eigenvalue weighted by Gasteiger charge is -2.18. The maximum absolute atomic E-state index is 11.1. The average Bonchev–Trinajstić information content (AvgIpc) is 2.80. The fourth-order valence-corrected chi connectivity index (χ4v) is 2.52. The molecule has 2 rings (SSSR count). The second kappa shape index (κ2) is 5.36. The van der Waals surface area contributed by atoms with Gasteiger partial charge in [-0.15, -0.1) is 0 Å². The third kappa shape index (κ3) is 2.52. The molecule has 1 fully saturated rings. The monoisotopic (exact) mass is 280 g/mol. The Morgan fingerprint density at radius 1 is 1.50 bits per heavy atom. The Morgan fingerprint density at radius 2 is 2.20 bits per heavy atom. The number of methoxy groups -OCH3 is 1. The normalized spacial score (nSPS) is 21.8. The van der Waals surface area contributed by atoms with E-state index in [0.717, 1.165) is 0 Å². The molecule has 0 aliphatic carbocycles. The van der Waals surface area contributed by atoms with Crippen LogP contribution in [-0.2, 0) is 4.79 Å². The van der Waals surface area contributed by atoms with Gasteiger partial charge in [-0.3, -0.25) is 14.9 Å². The Labute approximate surface area is 115 Å². The Bertz CT molecular complexity index is 546. The number of nitro groups is 1.